The molecule has 1 aromatic heterocycles. The van der Waals surface area contributed by atoms with Gasteiger partial charge in [0.15, 0.2) is 5.96 Å². The van der Waals surface area contributed by atoms with Gasteiger partial charge in [-0.05, 0) is 31.2 Å². The van der Waals surface area contributed by atoms with Gasteiger partial charge in [-0.25, -0.2) is 9.98 Å². The van der Waals surface area contributed by atoms with E-state index in [1.807, 2.05) is 27.7 Å². The van der Waals surface area contributed by atoms with Crippen molar-refractivity contribution in [1.82, 2.24) is 20.9 Å². The van der Waals surface area contributed by atoms with Gasteiger partial charge in [-0.3, -0.25) is 4.79 Å². The van der Waals surface area contributed by atoms with Crippen LogP contribution in [0.3, 0.4) is 0 Å². The van der Waals surface area contributed by atoms with E-state index in [-0.39, 0.29) is 48.0 Å². The molecule has 0 saturated carbocycles. The summed E-state index contributed by atoms with van der Waals surface area (Å²) in [7, 11) is 0. The number of halogens is 4. The molecular weight excluding hydrogens is 538 g/mol. The van der Waals surface area contributed by atoms with Gasteiger partial charge in [0.2, 0.25) is 5.89 Å². The van der Waals surface area contributed by atoms with Crippen LogP contribution in [-0.4, -0.2) is 36.5 Å². The third-order valence-corrected chi connectivity index (χ3v) is 4.19. The van der Waals surface area contributed by atoms with Gasteiger partial charge in [0, 0.05) is 30.6 Å². The van der Waals surface area contributed by atoms with Gasteiger partial charge in [-0.1, -0.05) is 20.8 Å². The normalized spacial score (nSPS) is 12.2. The summed E-state index contributed by atoms with van der Waals surface area (Å²) < 4.78 is 43.5. The highest BCUT2D eigenvalue weighted by Crippen LogP contribution is 2.29. The number of carbonyl (C=O) groups is 1. The maximum absolute atomic E-state index is 12.6. The maximum Gasteiger partial charge on any atom is 0.416 e. The fraction of sp³-hybridized carbons (Fsp3) is 0.476. The number of hydrogen-bond acceptors (Lipinski definition) is 4. The second-order valence-corrected chi connectivity index (χ2v) is 7.82. The molecule has 7 nitrogen and oxygen atoms in total. The van der Waals surface area contributed by atoms with Crippen molar-refractivity contribution in [2.75, 3.05) is 19.6 Å². The van der Waals surface area contributed by atoms with Crippen molar-refractivity contribution in [3.63, 3.8) is 0 Å². The first kappa shape index (κ1) is 27.7. The standard InChI is InChI=1S/C21H28F3N5O2.HI/c1-5-25-19(29-13-17-28-12-16(31-17)20(2,3)4)27-11-10-26-18(30)14-6-8-15(9-7-14)21(22,23)24;/h6-9,12H,5,10-11,13H2,1-4H3,(H,26,30)(H2,25,27,29);1H. The minimum absolute atomic E-state index is 0. The monoisotopic (exact) mass is 567 g/mol. The molecule has 2 rings (SSSR count). The molecule has 0 fully saturated rings. The van der Waals surface area contributed by atoms with E-state index in [1.54, 1.807) is 6.20 Å². The van der Waals surface area contributed by atoms with Gasteiger partial charge in [-0.2, -0.15) is 13.2 Å². The number of rotatable bonds is 7. The van der Waals surface area contributed by atoms with Gasteiger partial charge < -0.3 is 20.4 Å². The van der Waals surface area contributed by atoms with E-state index in [9.17, 15) is 18.0 Å². The molecule has 0 atom stereocenters. The molecule has 11 heteroatoms. The lowest BCUT2D eigenvalue weighted by Crippen LogP contribution is -2.41. The quantitative estimate of drug-likeness (QED) is 0.203. The highest BCUT2D eigenvalue weighted by Gasteiger charge is 2.30. The first-order valence-corrected chi connectivity index (χ1v) is 9.93. The smallest absolute Gasteiger partial charge is 0.416 e. The number of nitrogens with one attached hydrogen (secondary N) is 3. The van der Waals surface area contributed by atoms with Crippen molar-refractivity contribution in [3.8, 4) is 0 Å². The van der Waals surface area contributed by atoms with Crippen LogP contribution in [0.15, 0.2) is 39.9 Å². The van der Waals surface area contributed by atoms with Crippen molar-refractivity contribution >= 4 is 35.8 Å². The molecular formula is C21H29F3IN5O2. The van der Waals surface area contributed by atoms with E-state index in [0.717, 1.165) is 30.0 Å². The Bertz CT molecular complexity index is 890. The molecule has 3 N–H and O–H groups in total. The summed E-state index contributed by atoms with van der Waals surface area (Å²) in [6.45, 7) is 9.55. The number of alkyl halides is 3. The predicted octanol–water partition coefficient (Wildman–Crippen LogP) is 4.09. The van der Waals surface area contributed by atoms with Crippen LogP contribution >= 0.6 is 24.0 Å². The van der Waals surface area contributed by atoms with Crippen LogP contribution in [0.1, 0.15) is 55.3 Å². The first-order chi connectivity index (χ1) is 14.5. The van der Waals surface area contributed by atoms with Crippen molar-refractivity contribution in [2.45, 2.75) is 45.8 Å². The summed E-state index contributed by atoms with van der Waals surface area (Å²) in [6, 6.07) is 4.08. The Hall–Kier alpha value is -2.31. The fourth-order valence-electron chi connectivity index (χ4n) is 2.49. The lowest BCUT2D eigenvalue weighted by Gasteiger charge is -2.13. The number of nitrogens with zero attached hydrogens (tertiary/aromatic N) is 2. The lowest BCUT2D eigenvalue weighted by molar-refractivity contribution is -0.137. The SMILES string of the molecule is CCNC(=NCc1ncc(C(C)(C)C)o1)NCCNC(=O)c1ccc(C(F)(F)F)cc1.I. The number of guanidine groups is 1. The highest BCUT2D eigenvalue weighted by atomic mass is 127. The van der Waals surface area contributed by atoms with Crippen LogP contribution in [0.5, 0.6) is 0 Å². The van der Waals surface area contributed by atoms with Gasteiger partial charge in [-0.15, -0.1) is 24.0 Å². The Morgan fingerprint density at radius 2 is 1.69 bits per heavy atom. The number of aromatic nitrogens is 1. The van der Waals surface area contributed by atoms with E-state index in [4.69, 9.17) is 4.42 Å². The van der Waals surface area contributed by atoms with Crippen molar-refractivity contribution in [2.24, 2.45) is 4.99 Å². The molecule has 1 amide bonds. The molecule has 1 heterocycles. The minimum atomic E-state index is -4.43. The van der Waals surface area contributed by atoms with Gasteiger partial charge >= 0.3 is 6.18 Å². The molecule has 0 radical (unpaired) electrons. The third kappa shape index (κ3) is 8.67. The fourth-order valence-corrected chi connectivity index (χ4v) is 2.49. The summed E-state index contributed by atoms with van der Waals surface area (Å²) in [5.74, 6) is 1.35. The Morgan fingerprint density at radius 3 is 2.22 bits per heavy atom. The number of amides is 1. The molecule has 0 bridgehead atoms. The Balaban J connectivity index is 0.00000512. The molecule has 2 aromatic rings. The molecule has 0 aliphatic heterocycles. The summed E-state index contributed by atoms with van der Waals surface area (Å²) in [5, 5.41) is 8.80. The molecule has 32 heavy (non-hydrogen) atoms. The molecule has 0 aliphatic carbocycles. The van der Waals surface area contributed by atoms with Crippen LogP contribution in [0.2, 0.25) is 0 Å². The van der Waals surface area contributed by atoms with Gasteiger partial charge in [0.05, 0.1) is 11.8 Å². The van der Waals surface area contributed by atoms with Crippen LogP contribution in [-0.2, 0) is 18.1 Å². The van der Waals surface area contributed by atoms with Crippen LogP contribution < -0.4 is 16.0 Å². The zero-order chi connectivity index (χ0) is 23.1. The summed E-state index contributed by atoms with van der Waals surface area (Å²) >= 11 is 0. The molecule has 1 aromatic carbocycles. The zero-order valence-corrected chi connectivity index (χ0v) is 20.8. The molecule has 0 aliphatic rings. The van der Waals surface area contributed by atoms with Gasteiger partial charge in [0.1, 0.15) is 12.3 Å². The van der Waals surface area contributed by atoms with Crippen molar-refractivity contribution in [1.29, 1.82) is 0 Å². The predicted molar refractivity (Wildman–Crippen MR) is 127 cm³/mol. The Morgan fingerprint density at radius 1 is 1.06 bits per heavy atom. The van der Waals surface area contributed by atoms with Crippen molar-refractivity contribution in [3.05, 3.63) is 53.2 Å². The van der Waals surface area contributed by atoms with Crippen molar-refractivity contribution < 1.29 is 22.4 Å². The average molecular weight is 567 g/mol. The van der Waals surface area contributed by atoms with E-state index >= 15 is 0 Å². The number of oxazole rings is 1. The number of aliphatic imine (C=N–C) groups is 1. The molecule has 178 valence electrons. The highest BCUT2D eigenvalue weighted by molar-refractivity contribution is 14.0. The van der Waals surface area contributed by atoms with Crippen LogP contribution in [0, 0.1) is 0 Å². The largest absolute Gasteiger partial charge is 0.443 e. The zero-order valence-electron chi connectivity index (χ0n) is 18.5. The van der Waals surface area contributed by atoms with E-state index in [1.165, 1.54) is 0 Å². The number of benzene rings is 1. The second kappa shape index (κ2) is 12.1. The van der Waals surface area contributed by atoms with Crippen LogP contribution in [0.4, 0.5) is 13.2 Å². The van der Waals surface area contributed by atoms with Gasteiger partial charge in [0.25, 0.3) is 5.91 Å². The first-order valence-electron chi connectivity index (χ1n) is 9.93. The average Bonchev–Trinajstić information content (AvgIpc) is 3.18. The summed E-state index contributed by atoms with van der Waals surface area (Å²) in [5.41, 5.74) is -0.770. The third-order valence-electron chi connectivity index (χ3n) is 4.19. The summed E-state index contributed by atoms with van der Waals surface area (Å²) in [4.78, 5) is 20.7. The van der Waals surface area contributed by atoms with E-state index < -0.39 is 17.6 Å². The lowest BCUT2D eigenvalue weighted by atomic mass is 9.94. The molecule has 0 saturated heterocycles. The molecule has 0 spiro atoms. The minimum Gasteiger partial charge on any atom is -0.443 e. The number of hydrogen-bond donors (Lipinski definition) is 3. The Kier molecular flexibility index (Phi) is 10.5. The number of carbonyl (C=O) groups excluding carboxylic acids is 1. The Labute approximate surface area is 202 Å². The van der Waals surface area contributed by atoms with E-state index in [0.29, 0.717) is 24.9 Å². The molecule has 0 unspecified atom stereocenters. The maximum atomic E-state index is 12.6. The van der Waals surface area contributed by atoms with Crippen LogP contribution in [0.25, 0.3) is 0 Å². The summed E-state index contributed by atoms with van der Waals surface area (Å²) in [6.07, 6.45) is -2.73. The topological polar surface area (TPSA) is 91.6 Å². The second-order valence-electron chi connectivity index (χ2n) is 7.82. The van der Waals surface area contributed by atoms with E-state index in [2.05, 4.69) is 25.9 Å².